The SMILES string of the molecule is CN(C(=O)NC(=O)c1cccc(F)c1F)c1ccc(C(=O)OC(C)(C)C)cc1. The minimum Gasteiger partial charge on any atom is -0.456 e. The fraction of sp³-hybridized carbons (Fsp3) is 0.250. The zero-order valence-corrected chi connectivity index (χ0v) is 15.9. The van der Waals surface area contributed by atoms with Crippen molar-refractivity contribution in [2.75, 3.05) is 11.9 Å². The summed E-state index contributed by atoms with van der Waals surface area (Å²) >= 11 is 0. The number of imide groups is 1. The van der Waals surface area contributed by atoms with Crippen LogP contribution in [0.3, 0.4) is 0 Å². The second kappa shape index (κ2) is 8.16. The Labute approximate surface area is 161 Å². The molecule has 148 valence electrons. The van der Waals surface area contributed by atoms with E-state index in [-0.39, 0.29) is 0 Å². The quantitative estimate of drug-likeness (QED) is 0.807. The molecule has 0 radical (unpaired) electrons. The third-order valence-corrected chi connectivity index (χ3v) is 3.61. The zero-order valence-electron chi connectivity index (χ0n) is 15.9. The lowest BCUT2D eigenvalue weighted by atomic mass is 10.1. The summed E-state index contributed by atoms with van der Waals surface area (Å²) in [5.41, 5.74) is -0.552. The van der Waals surface area contributed by atoms with Gasteiger partial charge in [-0.2, -0.15) is 0 Å². The summed E-state index contributed by atoms with van der Waals surface area (Å²) in [6.07, 6.45) is 0. The number of ether oxygens (including phenoxy) is 1. The van der Waals surface area contributed by atoms with Gasteiger partial charge in [0.05, 0.1) is 11.1 Å². The number of benzene rings is 2. The first-order valence-electron chi connectivity index (χ1n) is 8.36. The van der Waals surface area contributed by atoms with Gasteiger partial charge in [0, 0.05) is 12.7 Å². The van der Waals surface area contributed by atoms with Gasteiger partial charge in [-0.1, -0.05) is 6.07 Å². The van der Waals surface area contributed by atoms with E-state index in [0.717, 1.165) is 23.1 Å². The Hall–Kier alpha value is -3.29. The van der Waals surface area contributed by atoms with Gasteiger partial charge < -0.3 is 4.74 Å². The van der Waals surface area contributed by atoms with Crippen molar-refractivity contribution in [2.45, 2.75) is 26.4 Å². The molecular weight excluding hydrogens is 370 g/mol. The van der Waals surface area contributed by atoms with E-state index >= 15 is 0 Å². The number of anilines is 1. The first-order chi connectivity index (χ1) is 13.0. The maximum atomic E-state index is 13.7. The molecule has 0 saturated carbocycles. The van der Waals surface area contributed by atoms with Gasteiger partial charge in [-0.3, -0.25) is 15.0 Å². The van der Waals surface area contributed by atoms with Gasteiger partial charge in [-0.25, -0.2) is 18.4 Å². The maximum absolute atomic E-state index is 13.7. The van der Waals surface area contributed by atoms with Crippen LogP contribution in [0.4, 0.5) is 19.3 Å². The number of rotatable bonds is 3. The highest BCUT2D eigenvalue weighted by Gasteiger charge is 2.21. The highest BCUT2D eigenvalue weighted by molar-refractivity contribution is 6.08. The molecule has 3 amide bonds. The van der Waals surface area contributed by atoms with Gasteiger partial charge in [-0.15, -0.1) is 0 Å². The first kappa shape index (κ1) is 21.0. The number of halogens is 2. The third-order valence-electron chi connectivity index (χ3n) is 3.61. The van der Waals surface area contributed by atoms with Gasteiger partial charge in [0.25, 0.3) is 5.91 Å². The second-order valence-electron chi connectivity index (χ2n) is 6.97. The molecule has 0 aliphatic carbocycles. The van der Waals surface area contributed by atoms with Crippen molar-refractivity contribution >= 4 is 23.6 Å². The molecule has 0 saturated heterocycles. The van der Waals surface area contributed by atoms with E-state index in [9.17, 15) is 23.2 Å². The molecule has 6 nitrogen and oxygen atoms in total. The van der Waals surface area contributed by atoms with Gasteiger partial charge >= 0.3 is 12.0 Å². The molecule has 0 heterocycles. The van der Waals surface area contributed by atoms with Crippen LogP contribution in [-0.2, 0) is 4.74 Å². The molecule has 0 aliphatic rings. The topological polar surface area (TPSA) is 75.7 Å². The minimum absolute atomic E-state index is 0.297. The van der Waals surface area contributed by atoms with Crippen molar-refractivity contribution < 1.29 is 27.9 Å². The lowest BCUT2D eigenvalue weighted by molar-refractivity contribution is 0.00694. The van der Waals surface area contributed by atoms with Gasteiger partial charge in [0.1, 0.15) is 5.60 Å². The van der Waals surface area contributed by atoms with Crippen LogP contribution >= 0.6 is 0 Å². The lowest BCUT2D eigenvalue weighted by Crippen LogP contribution is -2.41. The van der Waals surface area contributed by atoms with Crippen LogP contribution in [0.25, 0.3) is 0 Å². The Kier molecular flexibility index (Phi) is 6.12. The monoisotopic (exact) mass is 390 g/mol. The van der Waals surface area contributed by atoms with Crippen LogP contribution in [0, 0.1) is 11.6 Å². The van der Waals surface area contributed by atoms with Crippen LogP contribution in [-0.4, -0.2) is 30.6 Å². The molecule has 2 rings (SSSR count). The summed E-state index contributed by atoms with van der Waals surface area (Å²) in [5.74, 6) is -4.11. The van der Waals surface area contributed by atoms with Gasteiger partial charge in [0.2, 0.25) is 0 Å². The summed E-state index contributed by atoms with van der Waals surface area (Å²) in [4.78, 5) is 37.3. The molecule has 0 unspecified atom stereocenters. The molecule has 0 atom stereocenters. The number of esters is 1. The van der Waals surface area contributed by atoms with E-state index in [0.29, 0.717) is 11.3 Å². The summed E-state index contributed by atoms with van der Waals surface area (Å²) in [7, 11) is 1.38. The molecule has 2 aromatic rings. The number of amides is 3. The molecule has 0 bridgehead atoms. The van der Waals surface area contributed by atoms with E-state index in [4.69, 9.17) is 4.74 Å². The Bertz CT molecular complexity index is 905. The van der Waals surface area contributed by atoms with Crippen molar-refractivity contribution in [3.8, 4) is 0 Å². The predicted molar refractivity (Wildman–Crippen MR) is 99.2 cm³/mol. The van der Waals surface area contributed by atoms with Crippen molar-refractivity contribution in [3.05, 3.63) is 65.2 Å². The molecule has 0 spiro atoms. The minimum atomic E-state index is -1.34. The number of carbonyl (C=O) groups is 3. The molecule has 8 heteroatoms. The number of nitrogens with zero attached hydrogens (tertiary/aromatic N) is 1. The van der Waals surface area contributed by atoms with Gasteiger partial charge in [-0.05, 0) is 57.2 Å². The normalized spacial score (nSPS) is 10.9. The molecular formula is C20H20F2N2O4. The van der Waals surface area contributed by atoms with Crippen LogP contribution < -0.4 is 10.2 Å². The maximum Gasteiger partial charge on any atom is 0.338 e. The Morgan fingerprint density at radius 3 is 2.18 bits per heavy atom. The van der Waals surface area contributed by atoms with E-state index in [1.165, 1.54) is 31.3 Å². The summed E-state index contributed by atoms with van der Waals surface area (Å²) < 4.78 is 32.1. The molecule has 0 fully saturated rings. The number of hydrogen-bond donors (Lipinski definition) is 1. The van der Waals surface area contributed by atoms with Crippen molar-refractivity contribution in [3.63, 3.8) is 0 Å². The Morgan fingerprint density at radius 1 is 1.00 bits per heavy atom. The average Bonchev–Trinajstić information content (AvgIpc) is 2.62. The average molecular weight is 390 g/mol. The van der Waals surface area contributed by atoms with Crippen molar-refractivity contribution in [2.24, 2.45) is 0 Å². The largest absolute Gasteiger partial charge is 0.456 e. The van der Waals surface area contributed by atoms with Crippen LogP contribution in [0.1, 0.15) is 41.5 Å². The van der Waals surface area contributed by atoms with Crippen LogP contribution in [0.2, 0.25) is 0 Å². The number of nitrogens with one attached hydrogen (secondary N) is 1. The highest BCUT2D eigenvalue weighted by atomic mass is 19.2. The molecule has 2 aromatic carbocycles. The van der Waals surface area contributed by atoms with E-state index in [1.54, 1.807) is 20.8 Å². The molecule has 1 N–H and O–H groups in total. The summed E-state index contributed by atoms with van der Waals surface area (Å²) in [6.45, 7) is 5.24. The summed E-state index contributed by atoms with van der Waals surface area (Å²) in [5, 5.41) is 1.98. The smallest absolute Gasteiger partial charge is 0.338 e. The second-order valence-corrected chi connectivity index (χ2v) is 6.97. The van der Waals surface area contributed by atoms with Crippen molar-refractivity contribution in [1.29, 1.82) is 0 Å². The van der Waals surface area contributed by atoms with Crippen LogP contribution in [0.15, 0.2) is 42.5 Å². The third kappa shape index (κ3) is 5.12. The van der Waals surface area contributed by atoms with Crippen molar-refractivity contribution in [1.82, 2.24) is 5.32 Å². The predicted octanol–water partition coefficient (Wildman–Crippen LogP) is 3.91. The fourth-order valence-corrected chi connectivity index (χ4v) is 2.20. The number of urea groups is 1. The molecule has 0 aromatic heterocycles. The van der Waals surface area contributed by atoms with E-state index in [2.05, 4.69) is 0 Å². The number of hydrogen-bond acceptors (Lipinski definition) is 4. The standard InChI is InChI=1S/C20H20F2N2O4/c1-20(2,3)28-18(26)12-8-10-13(11-9-12)24(4)19(27)23-17(25)14-6-5-7-15(21)16(14)22/h5-11H,1-4H3,(H,23,25,27). The van der Waals surface area contributed by atoms with E-state index < -0.39 is 40.7 Å². The number of carbonyl (C=O) groups excluding carboxylic acids is 3. The highest BCUT2D eigenvalue weighted by Crippen LogP contribution is 2.17. The first-order valence-corrected chi connectivity index (χ1v) is 8.36. The Morgan fingerprint density at radius 2 is 1.61 bits per heavy atom. The van der Waals surface area contributed by atoms with Gasteiger partial charge in [0.15, 0.2) is 11.6 Å². The van der Waals surface area contributed by atoms with Crippen LogP contribution in [0.5, 0.6) is 0 Å². The molecule has 0 aliphatic heterocycles. The zero-order chi connectivity index (χ0) is 21.1. The fourth-order valence-electron chi connectivity index (χ4n) is 2.20. The Balaban J connectivity index is 2.07. The van der Waals surface area contributed by atoms with E-state index in [1.807, 2.05) is 5.32 Å². The molecule has 28 heavy (non-hydrogen) atoms. The summed E-state index contributed by atoms with van der Waals surface area (Å²) in [6, 6.07) is 8.18. The lowest BCUT2D eigenvalue weighted by Gasteiger charge is -2.20.